The molecule has 0 N–H and O–H groups in total. The van der Waals surface area contributed by atoms with Gasteiger partial charge in [0.25, 0.3) is 0 Å². The quantitative estimate of drug-likeness (QED) is 0.776. The molecule has 0 aliphatic heterocycles. The SMILES string of the molecule is COC(=O)Cn1c2c(c3ccccc31)C(=O)CCC2. The molecule has 0 radical (unpaired) electrons. The van der Waals surface area contributed by atoms with Gasteiger partial charge in [-0.05, 0) is 18.9 Å². The van der Waals surface area contributed by atoms with Crippen LogP contribution in [0.5, 0.6) is 0 Å². The van der Waals surface area contributed by atoms with Crippen molar-refractivity contribution in [2.75, 3.05) is 7.11 Å². The zero-order valence-electron chi connectivity index (χ0n) is 10.8. The molecule has 19 heavy (non-hydrogen) atoms. The molecule has 3 rings (SSSR count). The van der Waals surface area contributed by atoms with Gasteiger partial charge in [0, 0.05) is 28.6 Å². The van der Waals surface area contributed by atoms with Crippen molar-refractivity contribution >= 4 is 22.7 Å². The van der Waals surface area contributed by atoms with E-state index in [-0.39, 0.29) is 18.3 Å². The minimum atomic E-state index is -0.290. The predicted molar refractivity (Wildman–Crippen MR) is 71.2 cm³/mol. The monoisotopic (exact) mass is 257 g/mol. The van der Waals surface area contributed by atoms with Gasteiger partial charge in [-0.15, -0.1) is 0 Å². The second-order valence-electron chi connectivity index (χ2n) is 4.78. The minimum absolute atomic E-state index is 0.166. The maximum atomic E-state index is 12.1. The van der Waals surface area contributed by atoms with Crippen molar-refractivity contribution < 1.29 is 14.3 Å². The van der Waals surface area contributed by atoms with E-state index in [2.05, 4.69) is 0 Å². The lowest BCUT2D eigenvalue weighted by atomic mass is 9.94. The molecule has 1 aromatic carbocycles. The molecule has 1 aliphatic rings. The highest BCUT2D eigenvalue weighted by Gasteiger charge is 2.26. The van der Waals surface area contributed by atoms with E-state index in [0.29, 0.717) is 6.42 Å². The standard InChI is InChI=1S/C15H15NO3/c1-19-14(18)9-16-11-6-3-2-5-10(11)15-12(16)7-4-8-13(15)17/h2-3,5-6H,4,7-9H2,1H3. The van der Waals surface area contributed by atoms with E-state index in [1.54, 1.807) is 0 Å². The Balaban J connectivity index is 2.25. The van der Waals surface area contributed by atoms with E-state index < -0.39 is 0 Å². The predicted octanol–water partition coefficient (Wildman–Crippen LogP) is 2.33. The fourth-order valence-electron chi connectivity index (χ4n) is 2.84. The van der Waals surface area contributed by atoms with Gasteiger partial charge in [0.1, 0.15) is 6.54 Å². The van der Waals surface area contributed by atoms with E-state index >= 15 is 0 Å². The lowest BCUT2D eigenvalue weighted by Gasteiger charge is -2.14. The number of nitrogens with zero attached hydrogens (tertiary/aromatic N) is 1. The number of methoxy groups -OCH3 is 1. The van der Waals surface area contributed by atoms with Gasteiger partial charge in [0.2, 0.25) is 0 Å². The molecule has 0 atom stereocenters. The van der Waals surface area contributed by atoms with Crippen LogP contribution in [0.15, 0.2) is 24.3 Å². The summed E-state index contributed by atoms with van der Waals surface area (Å²) in [5.41, 5.74) is 2.71. The number of ether oxygens (including phenoxy) is 1. The van der Waals surface area contributed by atoms with E-state index in [4.69, 9.17) is 4.74 Å². The third-order valence-electron chi connectivity index (χ3n) is 3.69. The Hall–Kier alpha value is -2.10. The highest BCUT2D eigenvalue weighted by molar-refractivity contribution is 6.10. The molecule has 1 aromatic heterocycles. The van der Waals surface area contributed by atoms with Crippen molar-refractivity contribution in [2.24, 2.45) is 0 Å². The Morgan fingerprint density at radius 1 is 1.32 bits per heavy atom. The number of esters is 1. The molecule has 0 saturated heterocycles. The minimum Gasteiger partial charge on any atom is -0.468 e. The summed E-state index contributed by atoms with van der Waals surface area (Å²) in [5, 5.41) is 0.950. The van der Waals surface area contributed by atoms with Gasteiger partial charge in [-0.3, -0.25) is 9.59 Å². The Morgan fingerprint density at radius 3 is 2.89 bits per heavy atom. The lowest BCUT2D eigenvalue weighted by Crippen LogP contribution is -2.17. The molecule has 0 saturated carbocycles. The molecule has 4 heteroatoms. The van der Waals surface area contributed by atoms with Crippen molar-refractivity contribution in [3.05, 3.63) is 35.5 Å². The third kappa shape index (κ3) is 1.84. The Kier molecular flexibility index (Phi) is 2.85. The van der Waals surface area contributed by atoms with Crippen LogP contribution in [0.4, 0.5) is 0 Å². The summed E-state index contributed by atoms with van der Waals surface area (Å²) in [6.45, 7) is 0.166. The summed E-state index contributed by atoms with van der Waals surface area (Å²) < 4.78 is 6.67. The van der Waals surface area contributed by atoms with Crippen molar-refractivity contribution in [1.82, 2.24) is 4.57 Å². The molecule has 0 spiro atoms. The molecule has 0 amide bonds. The number of aromatic nitrogens is 1. The van der Waals surface area contributed by atoms with Gasteiger partial charge in [-0.25, -0.2) is 0 Å². The average molecular weight is 257 g/mol. The first kappa shape index (κ1) is 12.0. The number of carbonyl (C=O) groups is 2. The molecular formula is C15H15NO3. The van der Waals surface area contributed by atoms with Crippen LogP contribution < -0.4 is 0 Å². The second-order valence-corrected chi connectivity index (χ2v) is 4.78. The first-order valence-corrected chi connectivity index (χ1v) is 6.42. The van der Waals surface area contributed by atoms with Crippen molar-refractivity contribution in [3.8, 4) is 0 Å². The maximum Gasteiger partial charge on any atom is 0.325 e. The zero-order valence-corrected chi connectivity index (χ0v) is 10.8. The van der Waals surface area contributed by atoms with Gasteiger partial charge in [0.15, 0.2) is 5.78 Å². The summed E-state index contributed by atoms with van der Waals surface area (Å²) in [6, 6.07) is 7.74. The largest absolute Gasteiger partial charge is 0.468 e. The number of benzene rings is 1. The Bertz CT molecular complexity index is 669. The molecule has 0 fully saturated rings. The molecule has 1 heterocycles. The van der Waals surface area contributed by atoms with Gasteiger partial charge in [-0.2, -0.15) is 0 Å². The Morgan fingerprint density at radius 2 is 2.11 bits per heavy atom. The normalized spacial score (nSPS) is 14.5. The summed E-state index contributed by atoms with van der Waals surface area (Å²) >= 11 is 0. The first-order valence-electron chi connectivity index (χ1n) is 6.42. The van der Waals surface area contributed by atoms with Crippen molar-refractivity contribution in [1.29, 1.82) is 0 Å². The summed E-state index contributed by atoms with van der Waals surface area (Å²) in [5.74, 6) is -0.109. The van der Waals surface area contributed by atoms with Crippen molar-refractivity contribution in [3.63, 3.8) is 0 Å². The zero-order chi connectivity index (χ0) is 13.4. The number of hydrogen-bond acceptors (Lipinski definition) is 3. The number of Topliss-reactive ketones (excluding diaryl/α,β-unsaturated/α-hetero) is 1. The van der Waals surface area contributed by atoms with Crippen molar-refractivity contribution in [2.45, 2.75) is 25.8 Å². The molecule has 0 bridgehead atoms. The fourth-order valence-corrected chi connectivity index (χ4v) is 2.84. The van der Waals surface area contributed by atoms with E-state index in [1.807, 2.05) is 28.8 Å². The van der Waals surface area contributed by atoms with Crippen LogP contribution in [0.3, 0.4) is 0 Å². The number of rotatable bonds is 2. The summed E-state index contributed by atoms with van der Waals surface area (Å²) in [4.78, 5) is 23.7. The average Bonchev–Trinajstić information content (AvgIpc) is 2.75. The summed E-state index contributed by atoms with van der Waals surface area (Å²) in [6.07, 6.45) is 2.29. The van der Waals surface area contributed by atoms with E-state index in [1.165, 1.54) is 7.11 Å². The van der Waals surface area contributed by atoms with Gasteiger partial charge in [-0.1, -0.05) is 18.2 Å². The number of ketones is 1. The molecular weight excluding hydrogens is 242 g/mol. The van der Waals surface area contributed by atoms with Crippen LogP contribution in [0.1, 0.15) is 28.9 Å². The maximum absolute atomic E-state index is 12.1. The number of fused-ring (bicyclic) bond motifs is 3. The van der Waals surface area contributed by atoms with Crippen LogP contribution in [-0.2, 0) is 22.5 Å². The smallest absolute Gasteiger partial charge is 0.325 e. The number of carbonyl (C=O) groups excluding carboxylic acids is 2. The number of hydrogen-bond donors (Lipinski definition) is 0. The number of para-hydroxylation sites is 1. The highest BCUT2D eigenvalue weighted by Crippen LogP contribution is 2.32. The van der Waals surface area contributed by atoms with Crippen LogP contribution in [0.25, 0.3) is 10.9 Å². The van der Waals surface area contributed by atoms with Gasteiger partial charge >= 0.3 is 5.97 Å². The molecule has 0 unspecified atom stereocenters. The van der Waals surface area contributed by atoms with E-state index in [9.17, 15) is 9.59 Å². The molecule has 2 aromatic rings. The van der Waals surface area contributed by atoms with Crippen LogP contribution in [-0.4, -0.2) is 23.4 Å². The second kappa shape index (κ2) is 4.53. The highest BCUT2D eigenvalue weighted by atomic mass is 16.5. The van der Waals surface area contributed by atoms with Gasteiger partial charge in [0.05, 0.1) is 7.11 Å². The molecule has 1 aliphatic carbocycles. The molecule has 98 valence electrons. The van der Waals surface area contributed by atoms with Crippen LogP contribution in [0, 0.1) is 0 Å². The first-order chi connectivity index (χ1) is 9.22. The Labute approximate surface area is 111 Å². The van der Waals surface area contributed by atoms with Crippen LogP contribution in [0.2, 0.25) is 0 Å². The third-order valence-corrected chi connectivity index (χ3v) is 3.69. The lowest BCUT2D eigenvalue weighted by molar-refractivity contribution is -0.141. The van der Waals surface area contributed by atoms with E-state index in [0.717, 1.165) is 35.0 Å². The summed E-state index contributed by atoms with van der Waals surface area (Å²) in [7, 11) is 1.38. The van der Waals surface area contributed by atoms with Gasteiger partial charge < -0.3 is 9.30 Å². The molecule has 4 nitrogen and oxygen atoms in total. The fraction of sp³-hybridized carbons (Fsp3) is 0.333. The topological polar surface area (TPSA) is 48.3 Å². The van der Waals surface area contributed by atoms with Crippen LogP contribution >= 0.6 is 0 Å².